The Morgan fingerprint density at radius 1 is 1.75 bits per heavy atom. The topological polar surface area (TPSA) is 17.1 Å². The van der Waals surface area contributed by atoms with E-state index in [0.29, 0.717) is 0 Å². The van der Waals surface area contributed by atoms with Crippen molar-refractivity contribution in [1.29, 1.82) is 0 Å². The minimum atomic E-state index is -1.02. The normalized spacial score (nSPS) is 3.25. The van der Waals surface area contributed by atoms with Crippen LogP contribution in [0.3, 0.4) is 0 Å². The Morgan fingerprint density at radius 2 is 1.75 bits per heavy atom. The van der Waals surface area contributed by atoms with Crippen LogP contribution in [-0.4, -0.2) is 21.1 Å². The molecule has 0 fully saturated rings. The molecule has 3 heteroatoms. The van der Waals surface area contributed by atoms with E-state index in [1.165, 1.54) is 0 Å². The van der Waals surface area contributed by atoms with E-state index in [0.717, 1.165) is 0 Å². The van der Waals surface area contributed by atoms with Gasteiger partial charge in [-0.3, -0.25) is 0 Å². The molecule has 0 unspecified atom stereocenters. The van der Waals surface area contributed by atoms with Crippen LogP contribution >= 0.6 is 0 Å². The van der Waals surface area contributed by atoms with Crippen molar-refractivity contribution in [3.63, 3.8) is 0 Å². The van der Waals surface area contributed by atoms with Gasteiger partial charge in [-0.1, -0.05) is 0 Å². The second-order valence-electron chi connectivity index (χ2n) is 0.204. The molecule has 0 heterocycles. The first-order valence-electron chi connectivity index (χ1n) is 0.704. The molecule has 1 radical (unpaired) electrons. The van der Waals surface area contributed by atoms with Gasteiger partial charge in [-0.05, 0) is 0 Å². The van der Waals surface area contributed by atoms with E-state index in [1.54, 1.807) is 4.94 Å². The van der Waals surface area contributed by atoms with E-state index in [-0.39, 0.29) is 13.5 Å². The maximum atomic E-state index is 9.10. The van der Waals surface area contributed by atoms with Gasteiger partial charge in [0.2, 0.25) is 0 Å². The summed E-state index contributed by atoms with van der Waals surface area (Å²) in [6.45, 7) is 0. The average molecular weight is 183 g/mol. The van der Waals surface area contributed by atoms with Crippen LogP contribution in [0.15, 0.2) is 0 Å². The molecular formula is CH4OSSn-. The molecular weight excluding hydrogens is 179 g/mol. The van der Waals surface area contributed by atoms with Gasteiger partial charge in [0.15, 0.2) is 0 Å². The Morgan fingerprint density at radius 3 is 1.75 bits per heavy atom. The van der Waals surface area contributed by atoms with Crippen molar-refractivity contribution in [1.82, 2.24) is 0 Å². The van der Waals surface area contributed by atoms with Gasteiger partial charge >= 0.3 is 29.1 Å². The SMILES string of the molecule is [CH3][Sn]=[O].[SH-]. The third-order valence-electron chi connectivity index (χ3n) is 0. The molecule has 0 spiro atoms. The molecule has 0 aliphatic carbocycles. The largest absolute Gasteiger partial charge is 0.813 e. The molecule has 0 bridgehead atoms. The molecule has 0 aromatic heterocycles. The fourth-order valence-electron chi connectivity index (χ4n) is 0. The van der Waals surface area contributed by atoms with Gasteiger partial charge in [0, 0.05) is 0 Å². The molecule has 25 valence electrons. The average Bonchev–Trinajstić information content (AvgIpc) is 0.918. The van der Waals surface area contributed by atoms with Crippen molar-refractivity contribution in [3.05, 3.63) is 0 Å². The predicted octanol–water partition coefficient (Wildman–Crippen LogP) is -0.186. The van der Waals surface area contributed by atoms with Crippen LogP contribution in [0.1, 0.15) is 0 Å². The van der Waals surface area contributed by atoms with Crippen molar-refractivity contribution in [3.8, 4) is 0 Å². The molecule has 0 amide bonds. The summed E-state index contributed by atoms with van der Waals surface area (Å²) in [6.07, 6.45) is 0. The number of rotatable bonds is 0. The van der Waals surface area contributed by atoms with Crippen molar-refractivity contribution in [2.75, 3.05) is 0 Å². The number of hydrogen-bond donors (Lipinski definition) is 0. The molecule has 0 saturated carbocycles. The van der Waals surface area contributed by atoms with E-state index in [2.05, 4.69) is 0 Å². The van der Waals surface area contributed by atoms with Crippen LogP contribution in [0.25, 0.3) is 0 Å². The van der Waals surface area contributed by atoms with Gasteiger partial charge in [0.25, 0.3) is 0 Å². The molecule has 0 aliphatic heterocycles. The summed E-state index contributed by atoms with van der Waals surface area (Å²) < 4.78 is 9.10. The number of thiol groups is 1. The summed E-state index contributed by atoms with van der Waals surface area (Å²) in [7, 11) is 0. The first-order valence-corrected chi connectivity index (χ1v) is 4.72. The Hall–Kier alpha value is 0.949. The molecule has 0 aromatic rings. The van der Waals surface area contributed by atoms with Gasteiger partial charge in [-0.25, -0.2) is 0 Å². The van der Waals surface area contributed by atoms with E-state index in [1.807, 2.05) is 0 Å². The van der Waals surface area contributed by atoms with E-state index in [9.17, 15) is 0 Å². The molecule has 0 saturated heterocycles. The van der Waals surface area contributed by atoms with Crippen molar-refractivity contribution in [2.45, 2.75) is 4.94 Å². The molecule has 0 N–H and O–H groups in total. The van der Waals surface area contributed by atoms with Crippen LogP contribution in [0, 0.1) is 0 Å². The maximum Gasteiger partial charge on any atom is -0.813 e. The summed E-state index contributed by atoms with van der Waals surface area (Å²) in [6, 6.07) is 0. The van der Waals surface area contributed by atoms with Crippen LogP contribution in [0.2, 0.25) is 4.94 Å². The first kappa shape index (κ1) is 8.87. The third-order valence-corrected chi connectivity index (χ3v) is 0. The van der Waals surface area contributed by atoms with Gasteiger partial charge in [0.05, 0.1) is 0 Å². The van der Waals surface area contributed by atoms with Crippen LogP contribution < -0.4 is 0 Å². The van der Waals surface area contributed by atoms with Crippen LogP contribution in [0.5, 0.6) is 0 Å². The molecule has 0 aliphatic rings. The predicted molar refractivity (Wildman–Crippen MR) is 21.1 cm³/mol. The van der Waals surface area contributed by atoms with Crippen molar-refractivity contribution in [2.24, 2.45) is 0 Å². The second kappa shape index (κ2) is 9.04. The van der Waals surface area contributed by atoms with E-state index in [4.69, 9.17) is 3.08 Å². The zero-order chi connectivity index (χ0) is 2.71. The summed E-state index contributed by atoms with van der Waals surface area (Å²) in [5, 5.41) is 0. The molecule has 0 rings (SSSR count). The Bertz CT molecular complexity index is 15.5. The van der Waals surface area contributed by atoms with Crippen LogP contribution in [-0.2, 0) is 16.6 Å². The number of hydrogen-bond acceptors (Lipinski definition) is 2. The molecule has 1 nitrogen and oxygen atoms in total. The molecule has 0 atom stereocenters. The van der Waals surface area contributed by atoms with Crippen molar-refractivity contribution >= 4 is 34.6 Å². The summed E-state index contributed by atoms with van der Waals surface area (Å²) >= 11 is -1.02. The Balaban J connectivity index is 0. The zero-order valence-corrected chi connectivity index (χ0v) is 6.10. The second-order valence-corrected chi connectivity index (χ2v) is 1.37. The summed E-state index contributed by atoms with van der Waals surface area (Å²) in [5.41, 5.74) is 0. The van der Waals surface area contributed by atoms with Gasteiger partial charge in [-0.2, -0.15) is 0 Å². The third kappa shape index (κ3) is 12.4. The molecule has 0 aromatic carbocycles. The van der Waals surface area contributed by atoms with Crippen molar-refractivity contribution < 1.29 is 3.08 Å². The monoisotopic (exact) mass is 184 g/mol. The zero-order valence-electron chi connectivity index (χ0n) is 2.36. The smallest absolute Gasteiger partial charge is 0.813 e. The first-order chi connectivity index (χ1) is 1.41. The van der Waals surface area contributed by atoms with E-state index < -0.39 is 21.1 Å². The summed E-state index contributed by atoms with van der Waals surface area (Å²) in [4.78, 5) is 1.74. The van der Waals surface area contributed by atoms with Gasteiger partial charge < -0.3 is 13.5 Å². The molecule has 4 heavy (non-hydrogen) atoms. The minimum absolute atomic E-state index is 0. The standard InChI is InChI=1S/CH3.O.H2S.Sn/h1H3;;1H2;/p-1. The fourth-order valence-corrected chi connectivity index (χ4v) is 0. The Labute approximate surface area is 42.8 Å². The van der Waals surface area contributed by atoms with Gasteiger partial charge in [-0.15, -0.1) is 0 Å². The van der Waals surface area contributed by atoms with Gasteiger partial charge in [0.1, 0.15) is 0 Å². The maximum absolute atomic E-state index is 9.10. The summed E-state index contributed by atoms with van der Waals surface area (Å²) in [5.74, 6) is 0. The quantitative estimate of drug-likeness (QED) is 0.294. The van der Waals surface area contributed by atoms with E-state index >= 15 is 0 Å². The Kier molecular flexibility index (Phi) is 20.1. The fraction of sp³-hybridized carbons (Fsp3) is 1.00. The minimum Gasteiger partial charge on any atom is -0.813 e. The van der Waals surface area contributed by atoms with Crippen LogP contribution in [0.4, 0.5) is 0 Å².